The molecule has 4 rings (SSSR count). The molecule has 0 spiro atoms. The summed E-state index contributed by atoms with van der Waals surface area (Å²) < 4.78 is 0. The second kappa shape index (κ2) is 8.17. The third-order valence-corrected chi connectivity index (χ3v) is 5.77. The van der Waals surface area contributed by atoms with Gasteiger partial charge in [0.15, 0.2) is 0 Å². The molecule has 5 nitrogen and oxygen atoms in total. The fourth-order valence-corrected chi connectivity index (χ4v) is 4.02. The fraction of sp³-hybridized carbons (Fsp3) is 0.500. The zero-order valence-corrected chi connectivity index (χ0v) is 16.4. The first kappa shape index (κ1) is 18.1. The average molecular weight is 364 g/mol. The lowest BCUT2D eigenvalue weighted by Crippen LogP contribution is -2.30. The lowest BCUT2D eigenvalue weighted by molar-refractivity contribution is 0.209. The largest absolute Gasteiger partial charge is 0.338 e. The first-order chi connectivity index (χ1) is 13.2. The maximum atomic E-state index is 4.74. The second-order valence-electron chi connectivity index (χ2n) is 7.88. The van der Waals surface area contributed by atoms with Crippen molar-refractivity contribution >= 4 is 11.0 Å². The molecule has 0 aliphatic carbocycles. The van der Waals surface area contributed by atoms with Crippen molar-refractivity contribution in [3.05, 3.63) is 42.0 Å². The van der Waals surface area contributed by atoms with Crippen LogP contribution in [0.15, 0.2) is 30.5 Å². The molecule has 1 aromatic carbocycles. The minimum atomic E-state index is 0.850. The number of imidazole rings is 1. The third-order valence-electron chi connectivity index (χ3n) is 5.77. The van der Waals surface area contributed by atoms with Gasteiger partial charge in [0.1, 0.15) is 11.6 Å². The van der Waals surface area contributed by atoms with Crippen molar-refractivity contribution in [2.75, 3.05) is 20.1 Å². The number of nitrogens with zero attached hydrogens (tertiary/aromatic N) is 4. The zero-order valence-electron chi connectivity index (χ0n) is 16.4. The van der Waals surface area contributed by atoms with E-state index in [0.29, 0.717) is 0 Å². The van der Waals surface area contributed by atoms with Gasteiger partial charge in [0, 0.05) is 12.6 Å². The quantitative estimate of drug-likeness (QED) is 0.660. The Balaban J connectivity index is 1.33. The molecular weight excluding hydrogens is 334 g/mol. The maximum absolute atomic E-state index is 4.74. The summed E-state index contributed by atoms with van der Waals surface area (Å²) in [6, 6.07) is 8.08. The molecule has 1 aliphatic rings. The number of likely N-dealkylation sites (tertiary alicyclic amines) is 1. The number of hydrogen-bond donors (Lipinski definition) is 1. The Kier molecular flexibility index (Phi) is 5.48. The van der Waals surface area contributed by atoms with Crippen LogP contribution < -0.4 is 0 Å². The Morgan fingerprint density at radius 2 is 1.93 bits per heavy atom. The molecule has 0 radical (unpaired) electrons. The molecule has 27 heavy (non-hydrogen) atoms. The lowest BCUT2D eigenvalue weighted by atomic mass is 9.91. The van der Waals surface area contributed by atoms with Crippen molar-refractivity contribution in [3.8, 4) is 11.4 Å². The summed E-state index contributed by atoms with van der Waals surface area (Å²) in [5, 5.41) is 0. The number of H-pyrrole nitrogens is 1. The van der Waals surface area contributed by atoms with Crippen LogP contribution in [0.2, 0.25) is 0 Å². The van der Waals surface area contributed by atoms with Gasteiger partial charge in [-0.05, 0) is 64.4 Å². The Bertz CT molecular complexity index is 860. The molecule has 0 bridgehead atoms. The fourth-order valence-electron chi connectivity index (χ4n) is 4.02. The summed E-state index contributed by atoms with van der Waals surface area (Å²) in [4.78, 5) is 19.8. The minimum absolute atomic E-state index is 0.850. The molecule has 0 saturated carbocycles. The Morgan fingerprint density at radius 3 is 2.70 bits per heavy atom. The Morgan fingerprint density at radius 1 is 1.11 bits per heavy atom. The highest BCUT2D eigenvalue weighted by Crippen LogP contribution is 2.24. The van der Waals surface area contributed by atoms with E-state index in [1.54, 1.807) is 0 Å². The summed E-state index contributed by atoms with van der Waals surface area (Å²) in [5.74, 6) is 2.72. The highest BCUT2D eigenvalue weighted by molar-refractivity contribution is 5.79. The SMILES string of the molecule is Cc1nc(CCCCC2CCN(C)CC2)ncc1-c1nc2ccccc2[nH]1. The molecule has 0 atom stereocenters. The number of aromatic nitrogens is 4. The summed E-state index contributed by atoms with van der Waals surface area (Å²) in [6.07, 6.45) is 9.42. The second-order valence-corrected chi connectivity index (χ2v) is 7.88. The van der Waals surface area contributed by atoms with Crippen LogP contribution in [0.3, 0.4) is 0 Å². The van der Waals surface area contributed by atoms with Crippen molar-refractivity contribution in [1.82, 2.24) is 24.8 Å². The van der Waals surface area contributed by atoms with Gasteiger partial charge in [-0.25, -0.2) is 15.0 Å². The van der Waals surface area contributed by atoms with E-state index in [1.165, 1.54) is 45.2 Å². The minimum Gasteiger partial charge on any atom is -0.338 e. The molecule has 1 saturated heterocycles. The summed E-state index contributed by atoms with van der Waals surface area (Å²) >= 11 is 0. The molecule has 1 aliphatic heterocycles. The number of aromatic amines is 1. The van der Waals surface area contributed by atoms with Crippen LogP contribution in [0, 0.1) is 12.8 Å². The number of piperidine rings is 1. The third kappa shape index (κ3) is 4.35. The number of unbranched alkanes of at least 4 members (excludes halogenated alkanes) is 1. The molecular formula is C22H29N5. The molecule has 3 aromatic rings. The van der Waals surface area contributed by atoms with Gasteiger partial charge in [-0.1, -0.05) is 25.0 Å². The van der Waals surface area contributed by atoms with E-state index in [1.807, 2.05) is 37.4 Å². The number of benzene rings is 1. The van der Waals surface area contributed by atoms with Gasteiger partial charge in [0.2, 0.25) is 0 Å². The van der Waals surface area contributed by atoms with Gasteiger partial charge < -0.3 is 9.88 Å². The van der Waals surface area contributed by atoms with Crippen LogP contribution in [0.25, 0.3) is 22.4 Å². The van der Waals surface area contributed by atoms with E-state index in [9.17, 15) is 0 Å². The van der Waals surface area contributed by atoms with Crippen molar-refractivity contribution < 1.29 is 0 Å². The van der Waals surface area contributed by atoms with Crippen LogP contribution >= 0.6 is 0 Å². The predicted molar refractivity (Wildman–Crippen MR) is 110 cm³/mol. The lowest BCUT2D eigenvalue weighted by Gasteiger charge is -2.28. The van der Waals surface area contributed by atoms with Crippen molar-refractivity contribution in [3.63, 3.8) is 0 Å². The molecule has 1 N–H and O–H groups in total. The van der Waals surface area contributed by atoms with E-state index < -0.39 is 0 Å². The van der Waals surface area contributed by atoms with E-state index in [2.05, 4.69) is 26.9 Å². The Hall–Kier alpha value is -2.27. The Labute approximate surface area is 161 Å². The summed E-state index contributed by atoms with van der Waals surface area (Å²) in [7, 11) is 2.23. The number of rotatable bonds is 6. The van der Waals surface area contributed by atoms with E-state index >= 15 is 0 Å². The van der Waals surface area contributed by atoms with E-state index in [-0.39, 0.29) is 0 Å². The molecule has 0 amide bonds. The van der Waals surface area contributed by atoms with Gasteiger partial charge in [-0.3, -0.25) is 0 Å². The van der Waals surface area contributed by atoms with Crippen LogP contribution in [0.5, 0.6) is 0 Å². The number of nitrogens with one attached hydrogen (secondary N) is 1. The van der Waals surface area contributed by atoms with Crippen LogP contribution in [-0.4, -0.2) is 45.0 Å². The molecule has 5 heteroatoms. The van der Waals surface area contributed by atoms with Gasteiger partial charge in [-0.2, -0.15) is 0 Å². The molecule has 3 heterocycles. The van der Waals surface area contributed by atoms with Crippen LogP contribution in [0.1, 0.15) is 43.6 Å². The van der Waals surface area contributed by atoms with Gasteiger partial charge in [-0.15, -0.1) is 0 Å². The zero-order chi connectivity index (χ0) is 18.6. The smallest absolute Gasteiger partial charge is 0.141 e. The highest BCUT2D eigenvalue weighted by Gasteiger charge is 2.16. The van der Waals surface area contributed by atoms with E-state index in [4.69, 9.17) is 4.98 Å². The predicted octanol–water partition coefficient (Wildman–Crippen LogP) is 4.38. The molecule has 1 fully saturated rings. The van der Waals surface area contributed by atoms with Gasteiger partial charge in [0.05, 0.1) is 22.3 Å². The molecule has 0 unspecified atom stereocenters. The van der Waals surface area contributed by atoms with Crippen molar-refractivity contribution in [2.45, 2.75) is 45.4 Å². The molecule has 142 valence electrons. The number of hydrogen-bond acceptors (Lipinski definition) is 4. The summed E-state index contributed by atoms with van der Waals surface area (Å²) in [5.41, 5.74) is 4.01. The first-order valence-electron chi connectivity index (χ1n) is 10.2. The van der Waals surface area contributed by atoms with Crippen molar-refractivity contribution in [2.24, 2.45) is 5.92 Å². The van der Waals surface area contributed by atoms with Gasteiger partial charge in [0.25, 0.3) is 0 Å². The number of fused-ring (bicyclic) bond motifs is 1. The average Bonchev–Trinajstić information content (AvgIpc) is 3.10. The number of aryl methyl sites for hydroxylation is 2. The highest BCUT2D eigenvalue weighted by atomic mass is 15.1. The summed E-state index contributed by atoms with van der Waals surface area (Å²) in [6.45, 7) is 4.57. The van der Waals surface area contributed by atoms with E-state index in [0.717, 1.165) is 46.3 Å². The topological polar surface area (TPSA) is 57.7 Å². The molecule has 2 aromatic heterocycles. The van der Waals surface area contributed by atoms with Gasteiger partial charge >= 0.3 is 0 Å². The van der Waals surface area contributed by atoms with Crippen LogP contribution in [0.4, 0.5) is 0 Å². The standard InChI is InChI=1S/C22H29N5/c1-16-18(22-25-19-8-4-5-9-20(19)26-22)15-23-21(24-16)10-6-3-7-17-11-13-27(2)14-12-17/h4-5,8-9,15,17H,3,6-7,10-14H2,1-2H3,(H,25,26). The first-order valence-corrected chi connectivity index (χ1v) is 10.2. The van der Waals surface area contributed by atoms with Crippen molar-refractivity contribution in [1.29, 1.82) is 0 Å². The maximum Gasteiger partial charge on any atom is 0.141 e. The number of para-hydroxylation sites is 2. The monoisotopic (exact) mass is 363 g/mol. The normalized spacial score (nSPS) is 16.2. The van der Waals surface area contributed by atoms with Crippen LogP contribution in [-0.2, 0) is 6.42 Å².